The van der Waals surface area contributed by atoms with E-state index in [1.807, 2.05) is 5.38 Å². The molecule has 0 bridgehead atoms. The van der Waals surface area contributed by atoms with Gasteiger partial charge >= 0.3 is 0 Å². The predicted molar refractivity (Wildman–Crippen MR) is 68.2 cm³/mol. The zero-order valence-corrected chi connectivity index (χ0v) is 10.9. The lowest BCUT2D eigenvalue weighted by atomic mass is 10.3. The molecule has 0 saturated heterocycles. The monoisotopic (exact) mass is 285 g/mol. The third-order valence-electron chi connectivity index (χ3n) is 2.46. The van der Waals surface area contributed by atoms with Gasteiger partial charge in [0.15, 0.2) is 11.6 Å². The fraction of sp³-hybridized carbons (Fsp3) is 0.308. The minimum absolute atomic E-state index is 0.0537. The van der Waals surface area contributed by atoms with Crippen molar-refractivity contribution < 1.29 is 18.6 Å². The molecule has 0 amide bonds. The maximum atomic E-state index is 12.9. The van der Waals surface area contributed by atoms with Gasteiger partial charge in [-0.25, -0.2) is 13.8 Å². The molecule has 0 unspecified atom stereocenters. The van der Waals surface area contributed by atoms with Crippen LogP contribution < -0.4 is 4.74 Å². The summed E-state index contributed by atoms with van der Waals surface area (Å²) in [5.74, 6) is -1.48. The Labute approximate surface area is 113 Å². The van der Waals surface area contributed by atoms with E-state index < -0.39 is 11.6 Å². The summed E-state index contributed by atoms with van der Waals surface area (Å²) in [5.41, 5.74) is 0.668. The Morgan fingerprint density at radius 3 is 2.79 bits per heavy atom. The molecule has 6 heteroatoms. The highest BCUT2D eigenvalue weighted by atomic mass is 32.1. The largest absolute Gasteiger partial charge is 0.493 e. The molecule has 1 N–H and O–H groups in total. The third-order valence-corrected chi connectivity index (χ3v) is 3.41. The number of nitrogens with zero attached hydrogens (tertiary/aromatic N) is 1. The second-order valence-electron chi connectivity index (χ2n) is 3.92. The summed E-state index contributed by atoms with van der Waals surface area (Å²) in [6.07, 6.45) is 1.45. The third kappa shape index (κ3) is 3.97. The van der Waals surface area contributed by atoms with Crippen LogP contribution in [0.1, 0.15) is 17.1 Å². The second-order valence-corrected chi connectivity index (χ2v) is 4.86. The van der Waals surface area contributed by atoms with Gasteiger partial charge in [-0.1, -0.05) is 0 Å². The zero-order valence-electron chi connectivity index (χ0n) is 10.1. The van der Waals surface area contributed by atoms with Gasteiger partial charge in [0.05, 0.1) is 23.9 Å². The first-order valence-corrected chi connectivity index (χ1v) is 6.69. The highest BCUT2D eigenvalue weighted by Crippen LogP contribution is 2.16. The van der Waals surface area contributed by atoms with Crippen molar-refractivity contribution in [2.24, 2.45) is 0 Å². The number of thiazole rings is 1. The summed E-state index contributed by atoms with van der Waals surface area (Å²) in [5, 5.41) is 11.6. The lowest BCUT2D eigenvalue weighted by Crippen LogP contribution is -2.00. The molecule has 0 aliphatic rings. The van der Waals surface area contributed by atoms with Crippen molar-refractivity contribution in [1.29, 1.82) is 0 Å². The van der Waals surface area contributed by atoms with Gasteiger partial charge in [-0.05, 0) is 18.6 Å². The minimum atomic E-state index is -0.912. The van der Waals surface area contributed by atoms with Crippen LogP contribution in [0, 0.1) is 11.6 Å². The summed E-state index contributed by atoms with van der Waals surface area (Å²) < 4.78 is 30.9. The Morgan fingerprint density at radius 1 is 1.26 bits per heavy atom. The summed E-state index contributed by atoms with van der Waals surface area (Å²) in [6, 6.07) is 3.47. The maximum absolute atomic E-state index is 12.9. The van der Waals surface area contributed by atoms with Crippen LogP contribution in [0.2, 0.25) is 0 Å². The van der Waals surface area contributed by atoms with Crippen LogP contribution >= 0.6 is 11.3 Å². The molecule has 0 saturated carbocycles. The van der Waals surface area contributed by atoms with Crippen LogP contribution in [0.25, 0.3) is 0 Å². The lowest BCUT2D eigenvalue weighted by Gasteiger charge is -2.05. The number of halogens is 2. The van der Waals surface area contributed by atoms with Crippen molar-refractivity contribution in [3.63, 3.8) is 0 Å². The van der Waals surface area contributed by atoms with E-state index in [0.29, 0.717) is 18.1 Å². The second kappa shape index (κ2) is 6.58. The lowest BCUT2D eigenvalue weighted by molar-refractivity contribution is 0.277. The first kappa shape index (κ1) is 13.9. The van der Waals surface area contributed by atoms with Gasteiger partial charge in [0.1, 0.15) is 5.75 Å². The molecule has 0 atom stereocenters. The first-order chi connectivity index (χ1) is 9.19. The predicted octanol–water partition coefficient (Wildman–Crippen LogP) is 2.93. The van der Waals surface area contributed by atoms with Crippen LogP contribution in [0.3, 0.4) is 0 Å². The minimum Gasteiger partial charge on any atom is -0.493 e. The molecule has 1 aromatic carbocycles. The van der Waals surface area contributed by atoms with E-state index in [9.17, 15) is 8.78 Å². The molecule has 0 fully saturated rings. The van der Waals surface area contributed by atoms with E-state index >= 15 is 0 Å². The highest BCUT2D eigenvalue weighted by Gasteiger charge is 2.04. The van der Waals surface area contributed by atoms with Crippen molar-refractivity contribution in [3.05, 3.63) is 45.9 Å². The van der Waals surface area contributed by atoms with Crippen molar-refractivity contribution >= 4 is 11.3 Å². The van der Waals surface area contributed by atoms with Crippen LogP contribution in [-0.2, 0) is 13.0 Å². The maximum Gasteiger partial charge on any atom is 0.162 e. The smallest absolute Gasteiger partial charge is 0.162 e. The van der Waals surface area contributed by atoms with Crippen molar-refractivity contribution in [3.8, 4) is 5.75 Å². The SMILES string of the molecule is OCc1csc(CCCOc2ccc(F)c(F)c2)n1. The summed E-state index contributed by atoms with van der Waals surface area (Å²) >= 11 is 1.49. The number of rotatable bonds is 6. The number of aliphatic hydroxyl groups excluding tert-OH is 1. The fourth-order valence-corrected chi connectivity index (χ4v) is 2.35. The molecule has 19 heavy (non-hydrogen) atoms. The van der Waals surface area contributed by atoms with E-state index in [1.165, 1.54) is 17.4 Å². The molecule has 102 valence electrons. The first-order valence-electron chi connectivity index (χ1n) is 5.81. The Kier molecular flexibility index (Phi) is 4.81. The normalized spacial score (nSPS) is 10.7. The molecule has 1 heterocycles. The fourth-order valence-electron chi connectivity index (χ4n) is 1.52. The molecule has 2 rings (SSSR count). The van der Waals surface area contributed by atoms with Gasteiger partial charge in [0, 0.05) is 17.9 Å². The number of hydrogen-bond acceptors (Lipinski definition) is 4. The molecule has 0 aliphatic heterocycles. The Balaban J connectivity index is 1.75. The highest BCUT2D eigenvalue weighted by molar-refractivity contribution is 7.09. The Morgan fingerprint density at radius 2 is 2.11 bits per heavy atom. The average molecular weight is 285 g/mol. The summed E-state index contributed by atoms with van der Waals surface area (Å²) in [4.78, 5) is 4.20. The molecule has 0 spiro atoms. The number of aromatic nitrogens is 1. The van der Waals surface area contributed by atoms with Crippen LogP contribution in [0.15, 0.2) is 23.6 Å². The van der Waals surface area contributed by atoms with E-state index in [1.54, 1.807) is 0 Å². The number of ether oxygens (including phenoxy) is 1. The zero-order chi connectivity index (χ0) is 13.7. The van der Waals surface area contributed by atoms with Crippen molar-refractivity contribution in [1.82, 2.24) is 4.98 Å². The number of aryl methyl sites for hydroxylation is 1. The van der Waals surface area contributed by atoms with Gasteiger partial charge in [0.25, 0.3) is 0 Å². The number of aliphatic hydroxyl groups is 1. The topological polar surface area (TPSA) is 42.4 Å². The van der Waals surface area contributed by atoms with Crippen molar-refractivity contribution in [2.45, 2.75) is 19.4 Å². The molecule has 0 aliphatic carbocycles. The van der Waals surface area contributed by atoms with Crippen LogP contribution in [0.5, 0.6) is 5.75 Å². The standard InChI is InChI=1S/C13H13F2NO2S/c14-11-4-3-10(6-12(11)15)18-5-1-2-13-16-9(7-17)8-19-13/h3-4,6,8,17H,1-2,5,7H2. The number of benzene rings is 1. The van der Waals surface area contributed by atoms with Gasteiger partial charge in [-0.15, -0.1) is 11.3 Å². The Bertz CT molecular complexity index is 545. The van der Waals surface area contributed by atoms with E-state index in [-0.39, 0.29) is 6.61 Å². The quantitative estimate of drug-likeness (QED) is 0.830. The summed E-state index contributed by atoms with van der Waals surface area (Å²) in [7, 11) is 0. The molecule has 2 aromatic rings. The van der Waals surface area contributed by atoms with Gasteiger partial charge in [-0.2, -0.15) is 0 Å². The molecular formula is C13H13F2NO2S. The van der Waals surface area contributed by atoms with Gasteiger partial charge < -0.3 is 9.84 Å². The van der Waals surface area contributed by atoms with Crippen LogP contribution in [0.4, 0.5) is 8.78 Å². The van der Waals surface area contributed by atoms with E-state index in [0.717, 1.165) is 30.0 Å². The molecule has 1 aromatic heterocycles. The summed E-state index contributed by atoms with van der Waals surface area (Å²) in [6.45, 7) is 0.348. The number of hydrogen-bond donors (Lipinski definition) is 1. The van der Waals surface area contributed by atoms with E-state index in [2.05, 4.69) is 4.98 Å². The van der Waals surface area contributed by atoms with E-state index in [4.69, 9.17) is 9.84 Å². The molecule has 3 nitrogen and oxygen atoms in total. The van der Waals surface area contributed by atoms with Gasteiger partial charge in [0.2, 0.25) is 0 Å². The Hall–Kier alpha value is -1.53. The van der Waals surface area contributed by atoms with Crippen LogP contribution in [-0.4, -0.2) is 16.7 Å². The molecule has 0 radical (unpaired) electrons. The average Bonchev–Trinajstić information content (AvgIpc) is 2.87. The molecular weight excluding hydrogens is 272 g/mol. The van der Waals surface area contributed by atoms with Gasteiger partial charge in [-0.3, -0.25) is 0 Å². The van der Waals surface area contributed by atoms with Crippen molar-refractivity contribution in [2.75, 3.05) is 6.61 Å².